The number of aromatic hydroxyl groups is 1. The van der Waals surface area contributed by atoms with Crippen LogP contribution < -0.4 is 4.72 Å². The second-order valence-electron chi connectivity index (χ2n) is 4.92. The van der Waals surface area contributed by atoms with Crippen LogP contribution in [0, 0.1) is 6.92 Å². The Labute approximate surface area is 128 Å². The Bertz CT molecular complexity index is 933. The largest absolute Gasteiger partial charge is 0.508 e. The van der Waals surface area contributed by atoms with Crippen LogP contribution in [0.2, 0.25) is 0 Å². The maximum absolute atomic E-state index is 12.7. The van der Waals surface area contributed by atoms with Gasteiger partial charge in [-0.25, -0.2) is 8.42 Å². The summed E-state index contributed by atoms with van der Waals surface area (Å²) >= 11 is 0. The van der Waals surface area contributed by atoms with Crippen LogP contribution in [0.5, 0.6) is 5.75 Å². The molecule has 0 aliphatic carbocycles. The van der Waals surface area contributed by atoms with Gasteiger partial charge in [-0.3, -0.25) is 9.71 Å². The monoisotopic (exact) mass is 314 g/mol. The van der Waals surface area contributed by atoms with E-state index in [4.69, 9.17) is 0 Å². The molecule has 0 unspecified atom stereocenters. The van der Waals surface area contributed by atoms with Crippen LogP contribution in [0.25, 0.3) is 10.8 Å². The highest BCUT2D eigenvalue weighted by atomic mass is 32.2. The molecule has 6 heteroatoms. The van der Waals surface area contributed by atoms with Crippen molar-refractivity contribution in [3.8, 4) is 5.75 Å². The van der Waals surface area contributed by atoms with E-state index in [0.29, 0.717) is 22.2 Å². The van der Waals surface area contributed by atoms with Gasteiger partial charge in [-0.1, -0.05) is 18.2 Å². The number of fused-ring (bicyclic) bond motifs is 1. The van der Waals surface area contributed by atoms with Gasteiger partial charge in [0.25, 0.3) is 10.0 Å². The minimum atomic E-state index is -3.81. The lowest BCUT2D eigenvalue weighted by molar-refractivity contribution is 0.476. The summed E-state index contributed by atoms with van der Waals surface area (Å²) in [5.41, 5.74) is 0.848. The van der Waals surface area contributed by atoms with E-state index in [0.717, 1.165) is 0 Å². The zero-order valence-electron chi connectivity index (χ0n) is 11.8. The van der Waals surface area contributed by atoms with Gasteiger partial charge < -0.3 is 5.11 Å². The number of aromatic nitrogens is 1. The minimum Gasteiger partial charge on any atom is -0.508 e. The average Bonchev–Trinajstić information content (AvgIpc) is 2.47. The van der Waals surface area contributed by atoms with Crippen molar-refractivity contribution in [3.63, 3.8) is 0 Å². The van der Waals surface area contributed by atoms with Gasteiger partial charge in [0.2, 0.25) is 0 Å². The quantitative estimate of drug-likeness (QED) is 0.779. The van der Waals surface area contributed by atoms with Crippen LogP contribution in [0.3, 0.4) is 0 Å². The van der Waals surface area contributed by atoms with Gasteiger partial charge in [0.05, 0.1) is 5.69 Å². The molecule has 0 aliphatic rings. The summed E-state index contributed by atoms with van der Waals surface area (Å²) in [6.07, 6.45) is 1.59. The van der Waals surface area contributed by atoms with Crippen molar-refractivity contribution >= 4 is 26.5 Å². The summed E-state index contributed by atoms with van der Waals surface area (Å²) in [6.45, 7) is 1.63. The number of phenolic OH excluding ortho intramolecular Hbond substituents is 1. The van der Waals surface area contributed by atoms with E-state index < -0.39 is 10.0 Å². The Balaban J connectivity index is 2.20. The standard InChI is InChI=1S/C16H14N2O3S/c1-11-16(15-9-14(19)8-7-12(15)10-17-11)22(20,21)18-13-5-3-2-4-6-13/h2-10,18-19H,1H3. The van der Waals surface area contributed by atoms with Gasteiger partial charge in [-0.05, 0) is 37.3 Å². The Morgan fingerprint density at radius 3 is 2.55 bits per heavy atom. The molecule has 0 saturated heterocycles. The van der Waals surface area contributed by atoms with Crippen molar-refractivity contribution in [2.45, 2.75) is 11.8 Å². The van der Waals surface area contributed by atoms with Crippen molar-refractivity contribution in [2.24, 2.45) is 0 Å². The molecule has 3 rings (SSSR count). The van der Waals surface area contributed by atoms with Crippen LogP contribution in [0.4, 0.5) is 5.69 Å². The first-order valence-electron chi connectivity index (χ1n) is 6.63. The number of hydrogen-bond donors (Lipinski definition) is 2. The maximum atomic E-state index is 12.7. The highest BCUT2D eigenvalue weighted by Crippen LogP contribution is 2.29. The minimum absolute atomic E-state index is 0.00858. The maximum Gasteiger partial charge on any atom is 0.264 e. The van der Waals surface area contributed by atoms with Crippen LogP contribution in [0.15, 0.2) is 59.6 Å². The lowest BCUT2D eigenvalue weighted by atomic mass is 10.1. The zero-order valence-corrected chi connectivity index (χ0v) is 12.6. The van der Waals surface area contributed by atoms with Gasteiger partial charge in [0.15, 0.2) is 0 Å². The first-order chi connectivity index (χ1) is 10.5. The number of nitrogens with one attached hydrogen (secondary N) is 1. The molecule has 112 valence electrons. The second kappa shape index (κ2) is 5.31. The van der Waals surface area contributed by atoms with E-state index in [1.165, 1.54) is 12.1 Å². The van der Waals surface area contributed by atoms with Crippen molar-refractivity contribution < 1.29 is 13.5 Å². The third kappa shape index (κ3) is 2.60. The summed E-state index contributed by atoms with van der Waals surface area (Å²) in [5.74, 6) is 0.00858. The first kappa shape index (κ1) is 14.3. The normalized spacial score (nSPS) is 11.5. The molecule has 22 heavy (non-hydrogen) atoms. The van der Waals surface area contributed by atoms with E-state index in [2.05, 4.69) is 9.71 Å². The topological polar surface area (TPSA) is 79.3 Å². The number of rotatable bonds is 3. The fourth-order valence-corrected chi connectivity index (χ4v) is 3.78. The van der Waals surface area contributed by atoms with E-state index >= 15 is 0 Å². The van der Waals surface area contributed by atoms with Gasteiger partial charge in [-0.2, -0.15) is 0 Å². The third-order valence-electron chi connectivity index (χ3n) is 3.30. The molecule has 5 nitrogen and oxygen atoms in total. The number of anilines is 1. The number of hydrogen-bond acceptors (Lipinski definition) is 4. The Hall–Kier alpha value is -2.60. The van der Waals surface area contributed by atoms with Crippen molar-refractivity contribution in [2.75, 3.05) is 4.72 Å². The molecule has 0 amide bonds. The molecule has 0 saturated carbocycles. The molecule has 0 aliphatic heterocycles. The van der Waals surface area contributed by atoms with E-state index in [1.807, 2.05) is 0 Å². The summed E-state index contributed by atoms with van der Waals surface area (Å²) < 4.78 is 28.0. The highest BCUT2D eigenvalue weighted by Gasteiger charge is 2.21. The number of nitrogens with zero attached hydrogens (tertiary/aromatic N) is 1. The number of sulfonamides is 1. The average molecular weight is 314 g/mol. The van der Waals surface area contributed by atoms with Gasteiger partial charge in [-0.15, -0.1) is 0 Å². The summed E-state index contributed by atoms with van der Waals surface area (Å²) in [4.78, 5) is 4.22. The molecule has 2 N–H and O–H groups in total. The van der Waals surface area contributed by atoms with Crippen LogP contribution in [-0.2, 0) is 10.0 Å². The molecule has 3 aromatic rings. The van der Waals surface area contributed by atoms with Crippen molar-refractivity contribution in [1.29, 1.82) is 0 Å². The second-order valence-corrected chi connectivity index (χ2v) is 6.54. The lowest BCUT2D eigenvalue weighted by Crippen LogP contribution is -2.15. The molecule has 0 fully saturated rings. The highest BCUT2D eigenvalue weighted by molar-refractivity contribution is 7.93. The number of pyridine rings is 1. The van der Waals surface area contributed by atoms with Gasteiger partial charge >= 0.3 is 0 Å². The lowest BCUT2D eigenvalue weighted by Gasteiger charge is -2.12. The smallest absolute Gasteiger partial charge is 0.264 e. The van der Waals surface area contributed by atoms with E-state index in [1.54, 1.807) is 49.5 Å². The fourth-order valence-electron chi connectivity index (χ4n) is 2.32. The van der Waals surface area contributed by atoms with E-state index in [-0.39, 0.29) is 10.6 Å². The number of aryl methyl sites for hydroxylation is 1. The Morgan fingerprint density at radius 1 is 1.09 bits per heavy atom. The number of para-hydroxylation sites is 1. The molecule has 1 heterocycles. The van der Waals surface area contributed by atoms with Crippen molar-refractivity contribution in [3.05, 3.63) is 60.4 Å². The van der Waals surface area contributed by atoms with Crippen LogP contribution in [-0.4, -0.2) is 18.5 Å². The zero-order chi connectivity index (χ0) is 15.7. The molecular weight excluding hydrogens is 300 g/mol. The molecule has 2 aromatic carbocycles. The molecule has 0 spiro atoms. The third-order valence-corrected chi connectivity index (χ3v) is 4.86. The summed E-state index contributed by atoms with van der Waals surface area (Å²) in [7, 11) is -3.81. The number of benzene rings is 2. The van der Waals surface area contributed by atoms with Crippen molar-refractivity contribution in [1.82, 2.24) is 4.98 Å². The summed E-state index contributed by atoms with van der Waals surface area (Å²) in [5, 5.41) is 10.8. The first-order valence-corrected chi connectivity index (χ1v) is 8.12. The Kier molecular flexibility index (Phi) is 3.46. The number of phenols is 1. The fraction of sp³-hybridized carbons (Fsp3) is 0.0625. The predicted octanol–water partition coefficient (Wildman–Crippen LogP) is 3.05. The molecule has 1 aromatic heterocycles. The van der Waals surface area contributed by atoms with Crippen LogP contribution >= 0.6 is 0 Å². The van der Waals surface area contributed by atoms with Gasteiger partial charge in [0.1, 0.15) is 10.6 Å². The van der Waals surface area contributed by atoms with E-state index in [9.17, 15) is 13.5 Å². The molecule has 0 bridgehead atoms. The van der Waals surface area contributed by atoms with Gasteiger partial charge in [0, 0.05) is 22.7 Å². The molecular formula is C16H14N2O3S. The SMILES string of the molecule is Cc1ncc2ccc(O)cc2c1S(=O)(=O)Nc1ccccc1. The summed E-state index contributed by atoms with van der Waals surface area (Å²) in [6, 6.07) is 13.2. The predicted molar refractivity (Wildman–Crippen MR) is 85.4 cm³/mol. The van der Waals surface area contributed by atoms with Crippen LogP contribution in [0.1, 0.15) is 5.69 Å². The Morgan fingerprint density at radius 2 is 1.82 bits per heavy atom. The molecule has 0 atom stereocenters. The molecule has 0 radical (unpaired) electrons.